The van der Waals surface area contributed by atoms with E-state index in [1.54, 1.807) is 0 Å². The van der Waals surface area contributed by atoms with E-state index in [2.05, 4.69) is 22.5 Å². The minimum Gasteiger partial charge on any atom is -0.486 e. The van der Waals surface area contributed by atoms with Gasteiger partial charge in [0.05, 0.1) is 6.54 Å². The number of aliphatic imine (C=N–C) groups is 1. The number of amides is 1. The zero-order valence-corrected chi connectivity index (χ0v) is 16.9. The summed E-state index contributed by atoms with van der Waals surface area (Å²) >= 11 is 0. The number of hydrogen-bond acceptors (Lipinski definition) is 4. The summed E-state index contributed by atoms with van der Waals surface area (Å²) in [4.78, 5) is 18.7. The van der Waals surface area contributed by atoms with Gasteiger partial charge >= 0.3 is 0 Å². The molecule has 1 saturated heterocycles. The number of ether oxygens (including phenoxy) is 2. The van der Waals surface area contributed by atoms with Crippen LogP contribution in [-0.4, -0.2) is 61.7 Å². The lowest BCUT2D eigenvalue weighted by Gasteiger charge is -2.27. The van der Waals surface area contributed by atoms with Gasteiger partial charge in [0.1, 0.15) is 6.61 Å². The van der Waals surface area contributed by atoms with E-state index in [0.29, 0.717) is 31.5 Å². The topological polar surface area (TPSA) is 75.2 Å². The van der Waals surface area contributed by atoms with Gasteiger partial charge in [0.25, 0.3) is 0 Å². The first-order chi connectivity index (χ1) is 13.7. The van der Waals surface area contributed by atoms with Gasteiger partial charge in [-0.15, -0.1) is 0 Å². The van der Waals surface area contributed by atoms with E-state index < -0.39 is 0 Å². The molecule has 0 aliphatic carbocycles. The molecule has 3 rings (SSSR count). The second-order valence-electron chi connectivity index (χ2n) is 7.19. The maximum atomic E-state index is 12.0. The van der Waals surface area contributed by atoms with Crippen LogP contribution in [0.2, 0.25) is 0 Å². The fraction of sp³-hybridized carbons (Fsp3) is 0.619. The molecule has 28 heavy (non-hydrogen) atoms. The van der Waals surface area contributed by atoms with Crippen LogP contribution in [0.5, 0.6) is 11.5 Å². The van der Waals surface area contributed by atoms with Crippen molar-refractivity contribution in [3.63, 3.8) is 0 Å². The van der Waals surface area contributed by atoms with Crippen molar-refractivity contribution in [1.82, 2.24) is 15.5 Å². The Morgan fingerprint density at radius 3 is 2.82 bits per heavy atom. The summed E-state index contributed by atoms with van der Waals surface area (Å²) < 4.78 is 11.7. The van der Waals surface area contributed by atoms with E-state index in [1.165, 1.54) is 0 Å². The summed E-state index contributed by atoms with van der Waals surface area (Å²) in [6.07, 6.45) is 3.48. The highest BCUT2D eigenvalue weighted by Gasteiger charge is 2.26. The predicted octanol–water partition coefficient (Wildman–Crippen LogP) is 2.17. The van der Waals surface area contributed by atoms with E-state index in [-0.39, 0.29) is 6.10 Å². The van der Waals surface area contributed by atoms with Crippen LogP contribution in [0.15, 0.2) is 29.3 Å². The lowest BCUT2D eigenvalue weighted by atomic mass is 10.1. The van der Waals surface area contributed by atoms with Crippen molar-refractivity contribution < 1.29 is 14.3 Å². The van der Waals surface area contributed by atoms with Crippen LogP contribution in [0.3, 0.4) is 0 Å². The van der Waals surface area contributed by atoms with Crippen molar-refractivity contribution >= 4 is 11.9 Å². The molecular weight excluding hydrogens is 356 g/mol. The molecule has 2 heterocycles. The standard InChI is InChI=1S/C21H32N4O3/c1-3-16(25-13-7-10-20(25)26)11-12-23-21(22-4-2)24-14-17-15-27-18-8-5-6-9-19(18)28-17/h5-6,8-9,16-17H,3-4,7,10-15H2,1-2H3,(H2,22,23,24). The monoisotopic (exact) mass is 388 g/mol. The van der Waals surface area contributed by atoms with E-state index in [4.69, 9.17) is 9.47 Å². The van der Waals surface area contributed by atoms with Gasteiger partial charge in [-0.25, -0.2) is 4.99 Å². The molecule has 0 radical (unpaired) electrons. The first-order valence-corrected chi connectivity index (χ1v) is 10.4. The van der Waals surface area contributed by atoms with Gasteiger partial charge in [0.2, 0.25) is 5.91 Å². The van der Waals surface area contributed by atoms with E-state index >= 15 is 0 Å². The number of para-hydroxylation sites is 2. The third-order valence-electron chi connectivity index (χ3n) is 5.16. The molecule has 0 spiro atoms. The zero-order chi connectivity index (χ0) is 19.8. The van der Waals surface area contributed by atoms with E-state index in [0.717, 1.165) is 56.4 Å². The van der Waals surface area contributed by atoms with Crippen molar-refractivity contribution in [3.05, 3.63) is 24.3 Å². The molecule has 0 saturated carbocycles. The summed E-state index contributed by atoms with van der Waals surface area (Å²) in [7, 11) is 0. The van der Waals surface area contributed by atoms with Gasteiger partial charge in [0, 0.05) is 32.1 Å². The lowest BCUT2D eigenvalue weighted by molar-refractivity contribution is -0.129. The lowest BCUT2D eigenvalue weighted by Crippen LogP contribution is -2.42. The molecule has 0 bridgehead atoms. The molecule has 7 heteroatoms. The Kier molecular flexibility index (Phi) is 7.39. The third kappa shape index (κ3) is 5.30. The number of fused-ring (bicyclic) bond motifs is 1. The van der Waals surface area contributed by atoms with Gasteiger partial charge < -0.3 is 25.0 Å². The van der Waals surface area contributed by atoms with E-state index in [9.17, 15) is 4.79 Å². The Hall–Kier alpha value is -2.44. The second-order valence-corrected chi connectivity index (χ2v) is 7.19. The highest BCUT2D eigenvalue weighted by molar-refractivity contribution is 5.80. The first-order valence-electron chi connectivity index (χ1n) is 10.4. The average Bonchev–Trinajstić information content (AvgIpc) is 3.15. The van der Waals surface area contributed by atoms with Crippen LogP contribution in [0.4, 0.5) is 0 Å². The van der Waals surface area contributed by atoms with Crippen LogP contribution in [0.25, 0.3) is 0 Å². The Labute approximate surface area is 167 Å². The summed E-state index contributed by atoms with van der Waals surface area (Å²) in [6, 6.07) is 8.01. The minimum atomic E-state index is -0.101. The van der Waals surface area contributed by atoms with E-state index in [1.807, 2.05) is 36.1 Å². The molecule has 2 aliphatic rings. The number of benzene rings is 1. The Bertz CT molecular complexity index is 679. The number of rotatable bonds is 8. The van der Waals surface area contributed by atoms with Crippen LogP contribution in [0, 0.1) is 0 Å². The maximum Gasteiger partial charge on any atom is 0.222 e. The number of nitrogens with one attached hydrogen (secondary N) is 2. The molecule has 1 aromatic carbocycles. The highest BCUT2D eigenvalue weighted by Crippen LogP contribution is 2.30. The number of hydrogen-bond donors (Lipinski definition) is 2. The summed E-state index contributed by atoms with van der Waals surface area (Å²) in [5.74, 6) is 2.62. The Morgan fingerprint density at radius 2 is 2.11 bits per heavy atom. The summed E-state index contributed by atoms with van der Waals surface area (Å²) in [5.41, 5.74) is 0. The van der Waals surface area contributed by atoms with Gasteiger partial charge in [-0.3, -0.25) is 4.79 Å². The molecule has 2 unspecified atom stereocenters. The number of nitrogens with zero attached hydrogens (tertiary/aromatic N) is 2. The van der Waals surface area contributed by atoms with Crippen LogP contribution in [-0.2, 0) is 4.79 Å². The minimum absolute atomic E-state index is 0.101. The van der Waals surface area contributed by atoms with Crippen LogP contribution >= 0.6 is 0 Å². The number of guanidine groups is 1. The van der Waals surface area contributed by atoms with Gasteiger partial charge in [0.15, 0.2) is 23.6 Å². The largest absolute Gasteiger partial charge is 0.486 e. The van der Waals surface area contributed by atoms with Gasteiger partial charge in [-0.05, 0) is 38.3 Å². The molecule has 1 fully saturated rings. The quantitative estimate of drug-likeness (QED) is 0.527. The molecule has 2 atom stereocenters. The number of likely N-dealkylation sites (tertiary alicyclic amines) is 1. The van der Waals surface area contributed by atoms with Gasteiger partial charge in [-0.2, -0.15) is 0 Å². The Morgan fingerprint density at radius 1 is 1.29 bits per heavy atom. The third-order valence-corrected chi connectivity index (χ3v) is 5.16. The number of carbonyl (C=O) groups is 1. The van der Waals surface area contributed by atoms with Crippen LogP contribution < -0.4 is 20.1 Å². The summed E-state index contributed by atoms with van der Waals surface area (Å²) in [5, 5.41) is 6.66. The summed E-state index contributed by atoms with van der Waals surface area (Å²) in [6.45, 7) is 7.67. The van der Waals surface area contributed by atoms with Crippen molar-refractivity contribution in [3.8, 4) is 11.5 Å². The first kappa shape index (κ1) is 20.3. The normalized spacial score (nSPS) is 20.2. The Balaban J connectivity index is 1.48. The van der Waals surface area contributed by atoms with Crippen molar-refractivity contribution in [1.29, 1.82) is 0 Å². The van der Waals surface area contributed by atoms with Crippen molar-refractivity contribution in [2.75, 3.05) is 32.8 Å². The van der Waals surface area contributed by atoms with Gasteiger partial charge in [-0.1, -0.05) is 19.1 Å². The fourth-order valence-corrected chi connectivity index (χ4v) is 3.68. The second kappa shape index (κ2) is 10.2. The fourth-order valence-electron chi connectivity index (χ4n) is 3.68. The van der Waals surface area contributed by atoms with Crippen molar-refractivity contribution in [2.45, 2.75) is 51.7 Å². The van der Waals surface area contributed by atoms with Crippen molar-refractivity contribution in [2.24, 2.45) is 4.99 Å². The SMILES string of the molecule is CCNC(=NCC1COc2ccccc2O1)NCCC(CC)N1CCCC1=O. The molecule has 7 nitrogen and oxygen atoms in total. The molecule has 154 valence electrons. The van der Waals surface area contributed by atoms with Crippen LogP contribution in [0.1, 0.15) is 39.5 Å². The molecule has 2 aliphatic heterocycles. The molecule has 1 aromatic rings. The molecule has 2 N–H and O–H groups in total. The smallest absolute Gasteiger partial charge is 0.222 e. The molecule has 0 aromatic heterocycles. The maximum absolute atomic E-state index is 12.0. The molecular formula is C21H32N4O3. The number of carbonyl (C=O) groups excluding carboxylic acids is 1. The zero-order valence-electron chi connectivity index (χ0n) is 16.9. The predicted molar refractivity (Wildman–Crippen MR) is 110 cm³/mol. The molecule has 1 amide bonds. The highest BCUT2D eigenvalue weighted by atomic mass is 16.6. The average molecular weight is 389 g/mol.